The van der Waals surface area contributed by atoms with E-state index in [1.807, 2.05) is 0 Å². The van der Waals surface area contributed by atoms with Gasteiger partial charge in [-0.25, -0.2) is 13.1 Å². The van der Waals surface area contributed by atoms with Crippen LogP contribution in [0.4, 0.5) is 0 Å². The van der Waals surface area contributed by atoms with Crippen molar-refractivity contribution in [2.75, 3.05) is 13.1 Å². The lowest BCUT2D eigenvalue weighted by atomic mass is 10.0. The van der Waals surface area contributed by atoms with Crippen molar-refractivity contribution in [1.82, 2.24) is 10.0 Å². The summed E-state index contributed by atoms with van der Waals surface area (Å²) in [4.78, 5) is 0. The van der Waals surface area contributed by atoms with Gasteiger partial charge in [0.25, 0.3) is 0 Å². The number of nitrogens with one attached hydrogen (secondary N) is 2. The van der Waals surface area contributed by atoms with Crippen LogP contribution in [0.1, 0.15) is 40.5 Å². The largest absolute Gasteiger partial charge is 0.310 e. The number of hydrogen-bond acceptors (Lipinski definition) is 3. The van der Waals surface area contributed by atoms with Gasteiger partial charge in [-0.1, -0.05) is 0 Å². The number of hydrogen-bond donors (Lipinski definition) is 2. The summed E-state index contributed by atoms with van der Waals surface area (Å²) in [5.41, 5.74) is -0.0711. The zero-order valence-electron chi connectivity index (χ0n) is 10.1. The molecular formula is C10H22N2O2S. The van der Waals surface area contributed by atoms with E-state index in [9.17, 15) is 8.42 Å². The lowest BCUT2D eigenvalue weighted by Gasteiger charge is -2.27. The van der Waals surface area contributed by atoms with Crippen LogP contribution in [0.2, 0.25) is 0 Å². The lowest BCUT2D eigenvalue weighted by molar-refractivity contribution is 0.406. The summed E-state index contributed by atoms with van der Waals surface area (Å²) >= 11 is 0. The molecule has 15 heavy (non-hydrogen) atoms. The number of sulfonamides is 1. The van der Waals surface area contributed by atoms with Crippen molar-refractivity contribution < 1.29 is 8.42 Å². The van der Waals surface area contributed by atoms with Gasteiger partial charge in [0.05, 0.1) is 4.75 Å². The van der Waals surface area contributed by atoms with Crippen molar-refractivity contribution in [3.8, 4) is 0 Å². The highest BCUT2D eigenvalue weighted by molar-refractivity contribution is 7.90. The molecule has 0 spiro atoms. The quantitative estimate of drug-likeness (QED) is 0.761. The molecule has 90 valence electrons. The second-order valence-corrected chi connectivity index (χ2v) is 8.05. The molecule has 0 aromatic carbocycles. The molecule has 0 aliphatic carbocycles. The summed E-state index contributed by atoms with van der Waals surface area (Å²) in [6.45, 7) is 8.64. The minimum atomic E-state index is -3.21. The van der Waals surface area contributed by atoms with E-state index in [0.29, 0.717) is 6.54 Å². The van der Waals surface area contributed by atoms with Crippen LogP contribution in [0.25, 0.3) is 0 Å². The molecule has 0 aromatic heterocycles. The first-order chi connectivity index (χ1) is 6.66. The van der Waals surface area contributed by atoms with Gasteiger partial charge in [0.2, 0.25) is 10.0 Å². The Hall–Kier alpha value is -0.130. The Morgan fingerprint density at radius 3 is 2.40 bits per heavy atom. The van der Waals surface area contributed by atoms with Crippen molar-refractivity contribution in [1.29, 1.82) is 0 Å². The highest BCUT2D eigenvalue weighted by Crippen LogP contribution is 2.19. The molecule has 1 heterocycles. The Labute approximate surface area is 92.9 Å². The fourth-order valence-electron chi connectivity index (χ4n) is 1.58. The minimum Gasteiger partial charge on any atom is -0.310 e. The Bertz CT molecular complexity index is 311. The maximum atomic E-state index is 11.8. The third kappa shape index (κ3) is 3.16. The first kappa shape index (κ1) is 12.9. The topological polar surface area (TPSA) is 58.2 Å². The standard InChI is InChI=1S/C10H22N2O2S/c1-9(2,3)15(13,14)12-8-10(4)6-5-7-11-10/h11-12H,5-8H2,1-4H3. The van der Waals surface area contributed by atoms with E-state index in [2.05, 4.69) is 17.0 Å². The van der Waals surface area contributed by atoms with Crippen molar-refractivity contribution in [2.24, 2.45) is 0 Å². The molecule has 4 nitrogen and oxygen atoms in total. The molecule has 1 aliphatic rings. The van der Waals surface area contributed by atoms with Crippen LogP contribution in [0.3, 0.4) is 0 Å². The van der Waals surface area contributed by atoms with E-state index >= 15 is 0 Å². The number of rotatable bonds is 3. The van der Waals surface area contributed by atoms with Crippen LogP contribution in [-0.4, -0.2) is 31.8 Å². The van der Waals surface area contributed by atoms with E-state index in [-0.39, 0.29) is 5.54 Å². The van der Waals surface area contributed by atoms with E-state index in [1.54, 1.807) is 20.8 Å². The van der Waals surface area contributed by atoms with Crippen LogP contribution < -0.4 is 10.0 Å². The van der Waals surface area contributed by atoms with Crippen LogP contribution in [0, 0.1) is 0 Å². The van der Waals surface area contributed by atoms with Crippen molar-refractivity contribution in [3.05, 3.63) is 0 Å². The maximum absolute atomic E-state index is 11.8. The average molecular weight is 234 g/mol. The van der Waals surface area contributed by atoms with E-state index in [4.69, 9.17) is 0 Å². The Morgan fingerprint density at radius 2 is 2.00 bits per heavy atom. The van der Waals surface area contributed by atoms with E-state index < -0.39 is 14.8 Å². The first-order valence-corrected chi connectivity index (χ1v) is 6.89. The Balaban J connectivity index is 2.57. The van der Waals surface area contributed by atoms with Crippen LogP contribution in [0.15, 0.2) is 0 Å². The van der Waals surface area contributed by atoms with Crippen molar-refractivity contribution >= 4 is 10.0 Å². The SMILES string of the molecule is CC1(CNS(=O)(=O)C(C)(C)C)CCCN1. The molecule has 1 unspecified atom stereocenters. The Kier molecular flexibility index (Phi) is 3.48. The summed E-state index contributed by atoms with van der Waals surface area (Å²) in [5, 5.41) is 3.33. The van der Waals surface area contributed by atoms with Gasteiger partial charge in [-0.15, -0.1) is 0 Å². The molecule has 1 saturated heterocycles. The molecule has 2 N–H and O–H groups in total. The van der Waals surface area contributed by atoms with Crippen LogP contribution in [-0.2, 0) is 10.0 Å². The third-order valence-electron chi connectivity index (χ3n) is 2.92. The second kappa shape index (κ2) is 4.03. The monoisotopic (exact) mass is 234 g/mol. The fraction of sp³-hybridized carbons (Fsp3) is 1.00. The highest BCUT2D eigenvalue weighted by atomic mass is 32.2. The van der Waals surface area contributed by atoms with E-state index in [0.717, 1.165) is 19.4 Å². The van der Waals surface area contributed by atoms with Gasteiger partial charge in [-0.3, -0.25) is 0 Å². The molecule has 5 heteroatoms. The molecule has 0 aromatic rings. The fourth-order valence-corrected chi connectivity index (χ4v) is 2.52. The molecule has 1 fully saturated rings. The zero-order chi connectivity index (χ0) is 11.7. The summed E-state index contributed by atoms with van der Waals surface area (Å²) in [6.07, 6.45) is 2.15. The maximum Gasteiger partial charge on any atom is 0.216 e. The molecule has 1 rings (SSSR count). The molecule has 0 amide bonds. The predicted octanol–water partition coefficient (Wildman–Crippen LogP) is 0.846. The molecule has 1 atom stereocenters. The normalized spacial score (nSPS) is 28.3. The minimum absolute atomic E-state index is 0.0711. The van der Waals surface area contributed by atoms with Gasteiger partial charge in [0, 0.05) is 12.1 Å². The van der Waals surface area contributed by atoms with Crippen LogP contribution >= 0.6 is 0 Å². The van der Waals surface area contributed by atoms with Gasteiger partial charge < -0.3 is 5.32 Å². The van der Waals surface area contributed by atoms with Gasteiger partial charge >= 0.3 is 0 Å². The average Bonchev–Trinajstić information content (AvgIpc) is 2.48. The van der Waals surface area contributed by atoms with Gasteiger partial charge in [0.1, 0.15) is 0 Å². The van der Waals surface area contributed by atoms with Gasteiger partial charge in [0.15, 0.2) is 0 Å². The van der Waals surface area contributed by atoms with E-state index in [1.165, 1.54) is 0 Å². The van der Waals surface area contributed by atoms with Crippen molar-refractivity contribution in [2.45, 2.75) is 50.8 Å². The third-order valence-corrected chi connectivity index (χ3v) is 5.05. The Morgan fingerprint density at radius 1 is 1.40 bits per heavy atom. The molecule has 0 bridgehead atoms. The lowest BCUT2D eigenvalue weighted by Crippen LogP contribution is -2.50. The summed E-state index contributed by atoms with van der Waals surface area (Å²) in [7, 11) is -3.21. The second-order valence-electron chi connectivity index (χ2n) is 5.53. The first-order valence-electron chi connectivity index (χ1n) is 5.41. The molecule has 0 saturated carbocycles. The zero-order valence-corrected chi connectivity index (χ0v) is 10.9. The molecule has 1 aliphatic heterocycles. The predicted molar refractivity (Wildman–Crippen MR) is 62.3 cm³/mol. The summed E-state index contributed by atoms with van der Waals surface area (Å²) < 4.78 is 25.6. The van der Waals surface area contributed by atoms with Gasteiger partial charge in [-0.05, 0) is 47.1 Å². The van der Waals surface area contributed by atoms with Crippen molar-refractivity contribution in [3.63, 3.8) is 0 Å². The molecular weight excluding hydrogens is 212 g/mol. The molecule has 0 radical (unpaired) electrons. The van der Waals surface area contributed by atoms with Gasteiger partial charge in [-0.2, -0.15) is 0 Å². The summed E-state index contributed by atoms with van der Waals surface area (Å²) in [6, 6.07) is 0. The van der Waals surface area contributed by atoms with Crippen LogP contribution in [0.5, 0.6) is 0 Å². The summed E-state index contributed by atoms with van der Waals surface area (Å²) in [5.74, 6) is 0. The highest BCUT2D eigenvalue weighted by Gasteiger charge is 2.33. The smallest absolute Gasteiger partial charge is 0.216 e.